The maximum atomic E-state index is 10.8. The van der Waals surface area contributed by atoms with Crippen molar-refractivity contribution in [3.63, 3.8) is 0 Å². The molecular formula is C11H8O3. The first-order valence-corrected chi connectivity index (χ1v) is 4.15. The predicted octanol–water partition coefficient (Wildman–Crippen LogP) is 2.03. The van der Waals surface area contributed by atoms with Crippen LogP contribution in [0, 0.1) is 0 Å². The van der Waals surface area contributed by atoms with E-state index >= 15 is 0 Å². The van der Waals surface area contributed by atoms with E-state index < -0.39 is 5.97 Å². The van der Waals surface area contributed by atoms with E-state index in [2.05, 4.69) is 0 Å². The van der Waals surface area contributed by atoms with Gasteiger partial charge in [-0.05, 0) is 11.6 Å². The van der Waals surface area contributed by atoms with Crippen LogP contribution in [0.25, 0.3) is 6.08 Å². The maximum Gasteiger partial charge on any atom is 0.340 e. The van der Waals surface area contributed by atoms with Gasteiger partial charge in [-0.25, -0.2) is 4.79 Å². The van der Waals surface area contributed by atoms with Crippen LogP contribution in [0.15, 0.2) is 47.9 Å². The topological polar surface area (TPSA) is 46.5 Å². The van der Waals surface area contributed by atoms with Crippen molar-refractivity contribution < 1.29 is 14.6 Å². The number of aliphatic hydroxyl groups is 1. The van der Waals surface area contributed by atoms with E-state index in [9.17, 15) is 9.90 Å². The van der Waals surface area contributed by atoms with Crippen molar-refractivity contribution in [2.24, 2.45) is 0 Å². The van der Waals surface area contributed by atoms with Gasteiger partial charge in [0.05, 0.1) is 6.08 Å². The number of cyclic esters (lactones) is 1. The monoisotopic (exact) mass is 188 g/mol. The van der Waals surface area contributed by atoms with Crippen LogP contribution in [-0.2, 0) is 9.53 Å². The molecule has 14 heavy (non-hydrogen) atoms. The number of hydrogen-bond acceptors (Lipinski definition) is 3. The van der Waals surface area contributed by atoms with Crippen molar-refractivity contribution >= 4 is 12.0 Å². The first-order valence-electron chi connectivity index (χ1n) is 4.15. The number of ether oxygens (including phenoxy) is 1. The molecule has 1 aromatic carbocycles. The molecule has 0 radical (unpaired) electrons. The highest BCUT2D eigenvalue weighted by molar-refractivity contribution is 5.88. The zero-order valence-electron chi connectivity index (χ0n) is 7.31. The molecule has 1 N–H and O–H groups in total. The minimum atomic E-state index is -0.537. The second kappa shape index (κ2) is 3.38. The van der Waals surface area contributed by atoms with Gasteiger partial charge >= 0.3 is 5.97 Å². The number of rotatable bonds is 1. The zero-order chi connectivity index (χ0) is 9.97. The summed E-state index contributed by atoms with van der Waals surface area (Å²) >= 11 is 0. The third-order valence-electron chi connectivity index (χ3n) is 1.81. The fourth-order valence-corrected chi connectivity index (χ4v) is 1.18. The Morgan fingerprint density at radius 3 is 2.50 bits per heavy atom. The van der Waals surface area contributed by atoms with Crippen LogP contribution in [0.3, 0.4) is 0 Å². The van der Waals surface area contributed by atoms with Crippen molar-refractivity contribution in [2.75, 3.05) is 0 Å². The highest BCUT2D eigenvalue weighted by Gasteiger charge is 2.18. The summed E-state index contributed by atoms with van der Waals surface area (Å²) < 4.78 is 4.76. The molecule has 0 saturated carbocycles. The Morgan fingerprint density at radius 2 is 1.93 bits per heavy atom. The molecular weight excluding hydrogens is 180 g/mol. The van der Waals surface area contributed by atoms with Crippen LogP contribution in [-0.4, -0.2) is 11.1 Å². The Bertz CT molecular complexity index is 415. The standard InChI is InChI=1S/C11H8O3/c12-9-7-11(13)14-10(9)6-8-4-2-1-3-5-8/h1-7,12H/b10-6+. The Balaban J connectivity index is 2.29. The molecule has 0 saturated heterocycles. The Labute approximate surface area is 80.9 Å². The van der Waals surface area contributed by atoms with Gasteiger partial charge in [0.1, 0.15) is 0 Å². The van der Waals surface area contributed by atoms with Gasteiger partial charge in [0.2, 0.25) is 0 Å². The van der Waals surface area contributed by atoms with Crippen LogP contribution >= 0.6 is 0 Å². The summed E-state index contributed by atoms with van der Waals surface area (Å²) in [5, 5.41) is 9.27. The molecule has 0 aliphatic carbocycles. The van der Waals surface area contributed by atoms with E-state index in [0.29, 0.717) is 0 Å². The number of carbonyl (C=O) groups is 1. The molecule has 3 nitrogen and oxygen atoms in total. The van der Waals surface area contributed by atoms with Crippen LogP contribution in [0.5, 0.6) is 0 Å². The van der Waals surface area contributed by atoms with Crippen LogP contribution in [0.1, 0.15) is 5.56 Å². The predicted molar refractivity (Wildman–Crippen MR) is 51.2 cm³/mol. The molecule has 0 aromatic heterocycles. The SMILES string of the molecule is O=C1C=C(O)/C(=C\c2ccccc2)O1. The second-order valence-electron chi connectivity index (χ2n) is 2.87. The van der Waals surface area contributed by atoms with Gasteiger partial charge in [-0.2, -0.15) is 0 Å². The number of esters is 1. The zero-order valence-corrected chi connectivity index (χ0v) is 7.31. The van der Waals surface area contributed by atoms with Crippen molar-refractivity contribution in [2.45, 2.75) is 0 Å². The first kappa shape index (κ1) is 8.56. The molecule has 1 aromatic rings. The Kier molecular flexibility index (Phi) is 2.07. The van der Waals surface area contributed by atoms with E-state index in [1.165, 1.54) is 0 Å². The molecule has 0 unspecified atom stereocenters. The third-order valence-corrected chi connectivity index (χ3v) is 1.81. The summed E-state index contributed by atoms with van der Waals surface area (Å²) in [6.07, 6.45) is 2.66. The highest BCUT2D eigenvalue weighted by atomic mass is 16.6. The number of aliphatic hydroxyl groups excluding tert-OH is 1. The quantitative estimate of drug-likeness (QED) is 0.686. The molecule has 0 amide bonds. The van der Waals surface area contributed by atoms with Crippen LogP contribution < -0.4 is 0 Å². The van der Waals surface area contributed by atoms with Gasteiger partial charge in [-0.3, -0.25) is 0 Å². The van der Waals surface area contributed by atoms with Crippen LogP contribution in [0.4, 0.5) is 0 Å². The third kappa shape index (κ3) is 1.66. The summed E-state index contributed by atoms with van der Waals surface area (Å²) in [5.41, 5.74) is 0.872. The van der Waals surface area contributed by atoms with Gasteiger partial charge in [0, 0.05) is 0 Å². The molecule has 0 atom stereocenters. The minimum Gasteiger partial charge on any atom is -0.504 e. The molecule has 3 heteroatoms. The summed E-state index contributed by atoms with van der Waals surface area (Å²) in [7, 11) is 0. The minimum absolute atomic E-state index is 0.126. The largest absolute Gasteiger partial charge is 0.504 e. The average Bonchev–Trinajstić information content (AvgIpc) is 2.47. The highest BCUT2D eigenvalue weighted by Crippen LogP contribution is 2.19. The van der Waals surface area contributed by atoms with Crippen molar-refractivity contribution in [1.82, 2.24) is 0 Å². The smallest absolute Gasteiger partial charge is 0.340 e. The fraction of sp³-hybridized carbons (Fsp3) is 0. The fourth-order valence-electron chi connectivity index (χ4n) is 1.18. The summed E-state index contributed by atoms with van der Waals surface area (Å²) in [6, 6.07) is 9.32. The molecule has 1 aliphatic heterocycles. The van der Waals surface area contributed by atoms with E-state index in [1.807, 2.05) is 30.3 Å². The van der Waals surface area contributed by atoms with Gasteiger partial charge in [0.15, 0.2) is 11.5 Å². The molecule has 70 valence electrons. The van der Waals surface area contributed by atoms with Gasteiger partial charge in [-0.15, -0.1) is 0 Å². The summed E-state index contributed by atoms with van der Waals surface area (Å²) in [4.78, 5) is 10.8. The molecule has 0 bridgehead atoms. The van der Waals surface area contributed by atoms with Crippen molar-refractivity contribution in [1.29, 1.82) is 0 Å². The van der Waals surface area contributed by atoms with E-state index in [1.54, 1.807) is 6.08 Å². The summed E-state index contributed by atoms with van der Waals surface area (Å²) in [6.45, 7) is 0. The lowest BCUT2D eigenvalue weighted by atomic mass is 10.2. The molecule has 1 heterocycles. The Hall–Kier alpha value is -2.03. The van der Waals surface area contributed by atoms with Crippen molar-refractivity contribution in [3.8, 4) is 0 Å². The lowest BCUT2D eigenvalue weighted by Crippen LogP contribution is -1.90. The molecule has 0 fully saturated rings. The van der Waals surface area contributed by atoms with Gasteiger partial charge in [-0.1, -0.05) is 30.3 Å². The number of benzene rings is 1. The first-order chi connectivity index (χ1) is 6.75. The molecule has 1 aliphatic rings. The Morgan fingerprint density at radius 1 is 1.21 bits per heavy atom. The average molecular weight is 188 g/mol. The van der Waals surface area contributed by atoms with E-state index in [-0.39, 0.29) is 11.5 Å². The number of carbonyl (C=O) groups excluding carboxylic acids is 1. The van der Waals surface area contributed by atoms with Gasteiger partial charge in [0.25, 0.3) is 0 Å². The number of hydrogen-bond donors (Lipinski definition) is 1. The molecule has 0 spiro atoms. The normalized spacial score (nSPS) is 18.1. The lowest BCUT2D eigenvalue weighted by molar-refractivity contribution is -0.132. The van der Waals surface area contributed by atoms with E-state index in [0.717, 1.165) is 11.6 Å². The lowest BCUT2D eigenvalue weighted by Gasteiger charge is -1.98. The summed E-state index contributed by atoms with van der Waals surface area (Å²) in [5.74, 6) is -0.468. The molecule has 2 rings (SSSR count). The van der Waals surface area contributed by atoms with Crippen LogP contribution in [0.2, 0.25) is 0 Å². The maximum absolute atomic E-state index is 10.8. The van der Waals surface area contributed by atoms with Gasteiger partial charge < -0.3 is 9.84 Å². The van der Waals surface area contributed by atoms with Crippen molar-refractivity contribution in [3.05, 3.63) is 53.5 Å². The second-order valence-corrected chi connectivity index (χ2v) is 2.87. The van der Waals surface area contributed by atoms with E-state index in [4.69, 9.17) is 4.74 Å².